The summed E-state index contributed by atoms with van der Waals surface area (Å²) in [6.07, 6.45) is 1.21. The number of fused-ring (bicyclic) bond motifs is 4. The fourth-order valence-corrected chi connectivity index (χ4v) is 7.06. The highest BCUT2D eigenvalue weighted by Crippen LogP contribution is 2.55. The number of H-pyrrole nitrogens is 1. The van der Waals surface area contributed by atoms with Crippen molar-refractivity contribution < 1.29 is 24.9 Å². The van der Waals surface area contributed by atoms with E-state index in [4.69, 9.17) is 9.57 Å². The number of aromatic amines is 1. The zero-order valence-corrected chi connectivity index (χ0v) is 24.4. The Hall–Kier alpha value is -4.53. The van der Waals surface area contributed by atoms with E-state index in [1.165, 1.54) is 6.21 Å². The monoisotopic (exact) mass is 684 g/mol. The van der Waals surface area contributed by atoms with Crippen LogP contribution in [0.25, 0.3) is 22.3 Å². The summed E-state index contributed by atoms with van der Waals surface area (Å²) in [5.74, 6) is -2.53. The number of aliphatic hydroxyl groups is 2. The Morgan fingerprint density at radius 1 is 0.976 bits per heavy atom. The number of nitrogens with zero attached hydrogens (tertiary/aromatic N) is 1. The SMILES string of the molecule is COc1cc(=O)c2c(=O)c3c(c(=O)c=2c1=O)=C(O)[C@]1(CCc2c1c(O)c1c(=O)[nH]c(/C=N/OC(C)C)cc1c2I)C=3O. The number of nitrogens with one attached hydrogen (secondary N) is 1. The van der Waals surface area contributed by atoms with Gasteiger partial charge < -0.3 is 29.9 Å². The molecule has 2 aromatic rings. The number of pyridine rings is 1. The quantitative estimate of drug-likeness (QED) is 0.128. The van der Waals surface area contributed by atoms with Crippen LogP contribution in [0.4, 0.5) is 0 Å². The third kappa shape index (κ3) is 3.39. The van der Waals surface area contributed by atoms with Crippen LogP contribution >= 0.6 is 22.6 Å². The number of aromatic nitrogens is 1. The van der Waals surface area contributed by atoms with Gasteiger partial charge in [-0.2, -0.15) is 0 Å². The fourth-order valence-electron chi connectivity index (χ4n) is 6.09. The van der Waals surface area contributed by atoms with Crippen molar-refractivity contribution in [2.45, 2.75) is 38.2 Å². The van der Waals surface area contributed by atoms with Crippen LogP contribution < -0.4 is 42.4 Å². The van der Waals surface area contributed by atoms with Crippen LogP contribution in [0, 0.1) is 14.0 Å². The number of aromatic hydroxyl groups is 1. The molecular formula is C29H21IN2O10. The predicted molar refractivity (Wildman–Crippen MR) is 160 cm³/mol. The number of hydrogen-bond acceptors (Lipinski definition) is 11. The maximum absolute atomic E-state index is 13.6. The standard InChI is InChI=1S/C29H21IN2O10/c1-9(2)42-31-8-10-6-12-15(28(40)32-10)25(37)20-11(21(12)30)4-5-29(20)26(38)18-19(27(29)39)24(36)17-16(23(18)35)13(33)7-14(41-3)22(17)34/h6-9,37-39H,4-5H2,1-3H3,(H,32,40)/b31-8+/t29-/m0/s1. The van der Waals surface area contributed by atoms with E-state index in [2.05, 4.69) is 10.1 Å². The summed E-state index contributed by atoms with van der Waals surface area (Å²) in [6, 6.07) is 2.37. The van der Waals surface area contributed by atoms with Gasteiger partial charge in [-0.3, -0.25) is 24.0 Å². The molecule has 0 unspecified atom stereocenters. The number of benzene rings is 1. The molecule has 1 atom stereocenters. The van der Waals surface area contributed by atoms with Crippen molar-refractivity contribution in [3.8, 4) is 11.5 Å². The lowest BCUT2D eigenvalue weighted by Gasteiger charge is -2.27. The Bertz CT molecular complexity index is 2410. The van der Waals surface area contributed by atoms with Crippen molar-refractivity contribution in [1.29, 1.82) is 0 Å². The molecular weight excluding hydrogens is 663 g/mol. The molecule has 4 aliphatic rings. The number of ether oxygens (including phenoxy) is 1. The summed E-state index contributed by atoms with van der Waals surface area (Å²) in [7, 11) is 1.12. The molecule has 12 nitrogen and oxygen atoms in total. The minimum atomic E-state index is -1.97. The molecule has 214 valence electrons. The molecule has 0 amide bonds. The molecule has 0 fully saturated rings. The van der Waals surface area contributed by atoms with Crippen molar-refractivity contribution >= 4 is 51.1 Å². The summed E-state index contributed by atoms with van der Waals surface area (Å²) >= 11 is 1.99. The van der Waals surface area contributed by atoms with Gasteiger partial charge in [-0.05, 0) is 60.9 Å². The summed E-state index contributed by atoms with van der Waals surface area (Å²) in [6.45, 7) is 3.57. The first-order valence-electron chi connectivity index (χ1n) is 12.7. The van der Waals surface area contributed by atoms with Gasteiger partial charge in [0.05, 0.1) is 45.3 Å². The van der Waals surface area contributed by atoms with Gasteiger partial charge >= 0.3 is 0 Å². The lowest BCUT2D eigenvalue weighted by atomic mass is 9.78. The molecule has 0 aliphatic heterocycles. The maximum Gasteiger partial charge on any atom is 0.260 e. The van der Waals surface area contributed by atoms with Gasteiger partial charge in [-0.15, -0.1) is 0 Å². The first-order valence-corrected chi connectivity index (χ1v) is 13.8. The Labute approximate surface area is 247 Å². The Morgan fingerprint density at radius 2 is 1.62 bits per heavy atom. The van der Waals surface area contributed by atoms with E-state index in [1.807, 2.05) is 22.6 Å². The third-order valence-corrected chi connectivity index (χ3v) is 9.07. The van der Waals surface area contributed by atoms with E-state index in [1.54, 1.807) is 19.9 Å². The zero-order valence-electron chi connectivity index (χ0n) is 22.2. The normalized spacial score (nSPS) is 17.7. The molecule has 0 radical (unpaired) electrons. The second-order valence-electron chi connectivity index (χ2n) is 10.4. The minimum absolute atomic E-state index is 0.0502. The third-order valence-electron chi connectivity index (χ3n) is 7.84. The molecule has 1 heterocycles. The van der Waals surface area contributed by atoms with Crippen LogP contribution in [0.15, 0.2) is 41.3 Å². The van der Waals surface area contributed by atoms with Gasteiger partial charge in [0.1, 0.15) is 28.8 Å². The highest BCUT2D eigenvalue weighted by Gasteiger charge is 2.53. The number of oxime groups is 1. The molecule has 4 N–H and O–H groups in total. The van der Waals surface area contributed by atoms with E-state index < -0.39 is 76.6 Å². The second kappa shape index (κ2) is 9.24. The summed E-state index contributed by atoms with van der Waals surface area (Å²) in [5.41, 5.74) is -6.17. The Balaban J connectivity index is 1.73. The molecule has 0 saturated heterocycles. The van der Waals surface area contributed by atoms with Gasteiger partial charge in [0.25, 0.3) is 5.56 Å². The summed E-state index contributed by atoms with van der Waals surface area (Å²) < 4.78 is 5.42. The second-order valence-corrected chi connectivity index (χ2v) is 11.5. The fraction of sp³-hybridized carbons (Fsp3) is 0.241. The molecule has 13 heteroatoms. The smallest absolute Gasteiger partial charge is 0.260 e. The average Bonchev–Trinajstić information content (AvgIpc) is 3.44. The van der Waals surface area contributed by atoms with Crippen LogP contribution in [-0.2, 0) is 16.7 Å². The van der Waals surface area contributed by atoms with Gasteiger partial charge in [0, 0.05) is 20.6 Å². The van der Waals surface area contributed by atoms with Crippen molar-refractivity contribution in [2.24, 2.45) is 5.16 Å². The van der Waals surface area contributed by atoms with Crippen LogP contribution in [0.5, 0.6) is 11.5 Å². The lowest BCUT2D eigenvalue weighted by Crippen LogP contribution is -2.51. The summed E-state index contributed by atoms with van der Waals surface area (Å²) in [4.78, 5) is 73.9. The highest BCUT2D eigenvalue weighted by atomic mass is 127. The van der Waals surface area contributed by atoms with Gasteiger partial charge in [0.15, 0.2) is 11.2 Å². The van der Waals surface area contributed by atoms with Crippen molar-refractivity contribution in [3.05, 3.63) is 105 Å². The molecule has 4 aliphatic carbocycles. The number of halogens is 1. The van der Waals surface area contributed by atoms with Crippen molar-refractivity contribution in [2.75, 3.05) is 7.11 Å². The van der Waals surface area contributed by atoms with Crippen molar-refractivity contribution in [1.82, 2.24) is 4.98 Å². The van der Waals surface area contributed by atoms with Crippen LogP contribution in [0.3, 0.4) is 0 Å². The minimum Gasteiger partial charge on any atom is -0.510 e. The molecule has 42 heavy (non-hydrogen) atoms. The van der Waals surface area contributed by atoms with Crippen molar-refractivity contribution in [3.63, 3.8) is 0 Å². The number of hydrogen-bond donors (Lipinski definition) is 4. The summed E-state index contributed by atoms with van der Waals surface area (Å²) in [5, 5.41) is 36.0. The first-order chi connectivity index (χ1) is 19.9. The predicted octanol–water partition coefficient (Wildman–Crippen LogP) is -0.123. The highest BCUT2D eigenvalue weighted by molar-refractivity contribution is 14.1. The lowest BCUT2D eigenvalue weighted by molar-refractivity contribution is 0.0873. The first kappa shape index (κ1) is 27.6. The molecule has 1 aromatic heterocycles. The molecule has 0 saturated carbocycles. The Kier molecular flexibility index (Phi) is 6.08. The number of aliphatic hydroxyl groups excluding tert-OH is 2. The van der Waals surface area contributed by atoms with E-state index >= 15 is 0 Å². The number of phenolic OH excluding ortho intramolecular Hbond substituents is 1. The van der Waals surface area contributed by atoms with Crippen LogP contribution in [0.1, 0.15) is 37.1 Å². The van der Waals surface area contributed by atoms with Crippen LogP contribution in [0.2, 0.25) is 0 Å². The number of phenols is 1. The topological polar surface area (TPSA) is 193 Å². The largest absolute Gasteiger partial charge is 0.510 e. The molecule has 0 bridgehead atoms. The maximum atomic E-state index is 13.6. The average molecular weight is 684 g/mol. The van der Waals surface area contributed by atoms with Gasteiger partial charge in [0.2, 0.25) is 16.3 Å². The number of rotatable bonds is 4. The van der Waals surface area contributed by atoms with Crippen LogP contribution in [-0.4, -0.2) is 39.7 Å². The van der Waals surface area contributed by atoms with E-state index in [0.717, 1.165) is 13.2 Å². The molecule has 6 rings (SSSR count). The molecule has 1 spiro atoms. The van der Waals surface area contributed by atoms with E-state index in [9.17, 15) is 39.3 Å². The van der Waals surface area contributed by atoms with Gasteiger partial charge in [-0.1, -0.05) is 5.16 Å². The molecule has 1 aromatic carbocycles. The Morgan fingerprint density at radius 3 is 2.24 bits per heavy atom. The van der Waals surface area contributed by atoms with Gasteiger partial charge in [-0.25, -0.2) is 0 Å². The van der Waals surface area contributed by atoms with E-state index in [0.29, 0.717) is 20.2 Å². The zero-order chi connectivity index (χ0) is 30.4. The number of methoxy groups -OCH3 is 1. The van der Waals surface area contributed by atoms with E-state index in [-0.39, 0.29) is 29.9 Å².